The van der Waals surface area contributed by atoms with E-state index < -0.39 is 18.2 Å². The van der Waals surface area contributed by atoms with Crippen molar-refractivity contribution in [3.8, 4) is 0 Å². The Morgan fingerprint density at radius 1 is 1.47 bits per heavy atom. The van der Waals surface area contributed by atoms with Crippen molar-refractivity contribution in [2.75, 3.05) is 7.05 Å². The molecule has 1 aromatic rings. The van der Waals surface area contributed by atoms with Gasteiger partial charge in [-0.3, -0.25) is 9.78 Å². The lowest BCUT2D eigenvalue weighted by Gasteiger charge is -2.20. The topological polar surface area (TPSA) is 79.7 Å². The Morgan fingerprint density at radius 2 is 2.21 bits per heavy atom. The molecule has 1 aromatic heterocycles. The molecular formula is C13H16N2O4. The van der Waals surface area contributed by atoms with E-state index >= 15 is 0 Å². The van der Waals surface area contributed by atoms with Crippen LogP contribution in [0, 0.1) is 0 Å². The summed E-state index contributed by atoms with van der Waals surface area (Å²) in [4.78, 5) is 28.4. The molecule has 2 heterocycles. The molecule has 0 aromatic carbocycles. The zero-order chi connectivity index (χ0) is 13.8. The second kappa shape index (κ2) is 5.79. The van der Waals surface area contributed by atoms with E-state index in [2.05, 4.69) is 4.98 Å². The maximum atomic E-state index is 12.1. The van der Waals surface area contributed by atoms with Gasteiger partial charge in [0.05, 0.1) is 0 Å². The number of ether oxygens (including phenoxy) is 1. The van der Waals surface area contributed by atoms with Crippen molar-refractivity contribution in [1.82, 2.24) is 9.88 Å². The van der Waals surface area contributed by atoms with Crippen LogP contribution in [0.15, 0.2) is 24.5 Å². The summed E-state index contributed by atoms with van der Waals surface area (Å²) in [6.45, 7) is 0.435. The highest BCUT2D eigenvalue weighted by Crippen LogP contribution is 2.21. The quantitative estimate of drug-likeness (QED) is 0.864. The average molecular weight is 264 g/mol. The highest BCUT2D eigenvalue weighted by Gasteiger charge is 2.35. The summed E-state index contributed by atoms with van der Waals surface area (Å²) >= 11 is 0. The molecule has 102 valence electrons. The summed E-state index contributed by atoms with van der Waals surface area (Å²) in [5.74, 6) is -1.20. The van der Waals surface area contributed by atoms with Crippen LogP contribution in [0.2, 0.25) is 0 Å². The van der Waals surface area contributed by atoms with Crippen LogP contribution in [0.1, 0.15) is 18.4 Å². The van der Waals surface area contributed by atoms with Crippen molar-refractivity contribution in [3.63, 3.8) is 0 Å². The van der Waals surface area contributed by atoms with E-state index in [4.69, 9.17) is 9.84 Å². The highest BCUT2D eigenvalue weighted by atomic mass is 16.5. The van der Waals surface area contributed by atoms with Gasteiger partial charge < -0.3 is 14.7 Å². The highest BCUT2D eigenvalue weighted by molar-refractivity contribution is 5.82. The summed E-state index contributed by atoms with van der Waals surface area (Å²) in [7, 11) is 1.67. The van der Waals surface area contributed by atoms with Crippen molar-refractivity contribution in [1.29, 1.82) is 0 Å². The van der Waals surface area contributed by atoms with Crippen LogP contribution in [-0.4, -0.2) is 46.1 Å². The first kappa shape index (κ1) is 13.5. The van der Waals surface area contributed by atoms with Crippen LogP contribution in [0.4, 0.5) is 0 Å². The Balaban J connectivity index is 1.91. The number of aromatic nitrogens is 1. The molecule has 1 N–H and O–H groups in total. The van der Waals surface area contributed by atoms with Gasteiger partial charge in [0.25, 0.3) is 5.91 Å². The average Bonchev–Trinajstić information content (AvgIpc) is 2.88. The van der Waals surface area contributed by atoms with Crippen molar-refractivity contribution in [2.24, 2.45) is 0 Å². The first-order valence-electron chi connectivity index (χ1n) is 6.10. The maximum absolute atomic E-state index is 12.1. The van der Waals surface area contributed by atoms with Crippen LogP contribution in [-0.2, 0) is 20.9 Å². The molecule has 19 heavy (non-hydrogen) atoms. The van der Waals surface area contributed by atoms with Crippen LogP contribution in [0.5, 0.6) is 0 Å². The monoisotopic (exact) mass is 264 g/mol. The molecule has 2 atom stereocenters. The van der Waals surface area contributed by atoms with Gasteiger partial charge >= 0.3 is 5.97 Å². The Morgan fingerprint density at radius 3 is 2.79 bits per heavy atom. The molecule has 6 nitrogen and oxygen atoms in total. The van der Waals surface area contributed by atoms with E-state index in [-0.39, 0.29) is 5.91 Å². The number of carboxylic acids is 1. The molecule has 1 saturated heterocycles. The second-order valence-corrected chi connectivity index (χ2v) is 4.58. The molecule has 1 aliphatic rings. The van der Waals surface area contributed by atoms with E-state index in [0.717, 1.165) is 5.56 Å². The number of hydrogen-bond donors (Lipinski definition) is 1. The Kier molecular flexibility index (Phi) is 4.11. The smallest absolute Gasteiger partial charge is 0.332 e. The lowest BCUT2D eigenvalue weighted by molar-refractivity contribution is -0.154. The number of carbonyl (C=O) groups is 2. The first-order valence-corrected chi connectivity index (χ1v) is 6.10. The normalized spacial score (nSPS) is 22.2. The molecule has 6 heteroatoms. The minimum Gasteiger partial charge on any atom is -0.479 e. The van der Waals surface area contributed by atoms with E-state index in [0.29, 0.717) is 19.4 Å². The van der Waals surface area contributed by atoms with Crippen molar-refractivity contribution in [2.45, 2.75) is 31.6 Å². The SMILES string of the molecule is CN(Cc1cccnc1)C(=O)C1CCC(C(=O)O)O1. The Bertz CT molecular complexity index is 463. The Hall–Kier alpha value is -1.95. The fraction of sp³-hybridized carbons (Fsp3) is 0.462. The molecule has 1 aliphatic heterocycles. The van der Waals surface area contributed by atoms with Gasteiger partial charge in [0.15, 0.2) is 6.10 Å². The zero-order valence-corrected chi connectivity index (χ0v) is 10.7. The number of nitrogens with zero attached hydrogens (tertiary/aromatic N) is 2. The molecule has 0 aliphatic carbocycles. The van der Waals surface area contributed by atoms with Gasteiger partial charge in [0.2, 0.25) is 0 Å². The van der Waals surface area contributed by atoms with E-state index in [9.17, 15) is 9.59 Å². The van der Waals surface area contributed by atoms with Crippen LogP contribution in [0.25, 0.3) is 0 Å². The zero-order valence-electron chi connectivity index (χ0n) is 10.7. The molecule has 1 fully saturated rings. The lowest BCUT2D eigenvalue weighted by Crippen LogP contribution is -2.36. The predicted molar refractivity (Wildman–Crippen MR) is 66.2 cm³/mol. The van der Waals surface area contributed by atoms with E-state index in [1.54, 1.807) is 25.5 Å². The van der Waals surface area contributed by atoms with Gasteiger partial charge in [0.1, 0.15) is 6.10 Å². The number of aliphatic carboxylic acids is 1. The first-order chi connectivity index (χ1) is 9.08. The molecule has 2 rings (SSSR count). The second-order valence-electron chi connectivity index (χ2n) is 4.58. The van der Waals surface area contributed by atoms with Gasteiger partial charge in [-0.1, -0.05) is 6.07 Å². The van der Waals surface area contributed by atoms with Gasteiger partial charge in [-0.2, -0.15) is 0 Å². The number of carboxylic acid groups (broad SMARTS) is 1. The van der Waals surface area contributed by atoms with Crippen molar-refractivity contribution >= 4 is 11.9 Å². The number of amides is 1. The van der Waals surface area contributed by atoms with Gasteiger partial charge in [-0.25, -0.2) is 4.79 Å². The van der Waals surface area contributed by atoms with Crippen molar-refractivity contribution < 1.29 is 19.4 Å². The molecular weight excluding hydrogens is 248 g/mol. The minimum absolute atomic E-state index is 0.187. The number of rotatable bonds is 4. The third-order valence-electron chi connectivity index (χ3n) is 3.09. The summed E-state index contributed by atoms with van der Waals surface area (Å²) in [6, 6.07) is 3.69. The molecule has 0 spiro atoms. The molecule has 0 radical (unpaired) electrons. The van der Waals surface area contributed by atoms with E-state index in [1.165, 1.54) is 4.90 Å². The number of hydrogen-bond acceptors (Lipinski definition) is 4. The predicted octanol–water partition coefficient (Wildman–Crippen LogP) is 0.672. The van der Waals surface area contributed by atoms with Crippen LogP contribution in [0.3, 0.4) is 0 Å². The van der Waals surface area contributed by atoms with Crippen LogP contribution < -0.4 is 0 Å². The Labute approximate surface area is 111 Å². The van der Waals surface area contributed by atoms with E-state index in [1.807, 2.05) is 6.07 Å². The maximum Gasteiger partial charge on any atom is 0.332 e. The largest absolute Gasteiger partial charge is 0.479 e. The third kappa shape index (κ3) is 3.29. The molecule has 1 amide bonds. The molecule has 0 saturated carbocycles. The fourth-order valence-electron chi connectivity index (χ4n) is 2.09. The number of carbonyl (C=O) groups excluding carboxylic acids is 1. The van der Waals surface area contributed by atoms with Gasteiger partial charge in [0, 0.05) is 26.0 Å². The number of likely N-dealkylation sites (N-methyl/N-ethyl adjacent to an activating group) is 1. The minimum atomic E-state index is -1.01. The summed E-state index contributed by atoms with van der Waals surface area (Å²) in [5.41, 5.74) is 0.922. The van der Waals surface area contributed by atoms with Crippen LogP contribution >= 0.6 is 0 Å². The third-order valence-corrected chi connectivity index (χ3v) is 3.09. The summed E-state index contributed by atoms with van der Waals surface area (Å²) in [6.07, 6.45) is 2.69. The summed E-state index contributed by atoms with van der Waals surface area (Å²) < 4.78 is 5.24. The van der Waals surface area contributed by atoms with Gasteiger partial charge in [-0.05, 0) is 24.5 Å². The standard InChI is InChI=1S/C13H16N2O4/c1-15(8-9-3-2-6-14-7-9)12(16)10-4-5-11(19-10)13(17)18/h2-3,6-7,10-11H,4-5,8H2,1H3,(H,17,18). The van der Waals surface area contributed by atoms with Crippen molar-refractivity contribution in [3.05, 3.63) is 30.1 Å². The number of pyridine rings is 1. The summed E-state index contributed by atoms with van der Waals surface area (Å²) in [5, 5.41) is 8.83. The fourth-order valence-corrected chi connectivity index (χ4v) is 2.09. The molecule has 0 bridgehead atoms. The van der Waals surface area contributed by atoms with Gasteiger partial charge in [-0.15, -0.1) is 0 Å². The molecule has 2 unspecified atom stereocenters. The lowest BCUT2D eigenvalue weighted by atomic mass is 10.1.